The zero-order valence-electron chi connectivity index (χ0n) is 14.2. The Balaban J connectivity index is 1.93. The van der Waals surface area contributed by atoms with Gasteiger partial charge >= 0.3 is 5.97 Å². The number of anilines is 1. The molecule has 2 rings (SSSR count). The molecule has 2 aromatic rings. The smallest absolute Gasteiger partial charge is 0.331 e. The number of esters is 1. The fraction of sp³-hybridized carbons (Fsp3) is 0.158. The highest BCUT2D eigenvalue weighted by molar-refractivity contribution is 6.36. The summed E-state index contributed by atoms with van der Waals surface area (Å²) in [6.45, 7) is 1.47. The largest absolute Gasteiger partial charge is 0.497 e. The third kappa shape index (κ3) is 5.79. The number of nitrogens with one attached hydrogen (secondary N) is 1. The Morgan fingerprint density at radius 3 is 2.62 bits per heavy atom. The number of hydrogen-bond donors (Lipinski definition) is 1. The first-order chi connectivity index (χ1) is 12.4. The van der Waals surface area contributed by atoms with Gasteiger partial charge in [-0.1, -0.05) is 35.3 Å². The van der Waals surface area contributed by atoms with Crippen molar-refractivity contribution in [3.8, 4) is 5.75 Å². The Morgan fingerprint density at radius 1 is 1.15 bits per heavy atom. The second-order valence-electron chi connectivity index (χ2n) is 5.30. The lowest BCUT2D eigenvalue weighted by Crippen LogP contribution is -2.29. The van der Waals surface area contributed by atoms with E-state index in [1.165, 1.54) is 19.1 Å². The summed E-state index contributed by atoms with van der Waals surface area (Å²) in [7, 11) is 1.56. The van der Waals surface area contributed by atoms with E-state index in [4.69, 9.17) is 32.7 Å². The van der Waals surface area contributed by atoms with Gasteiger partial charge in [0.1, 0.15) is 5.75 Å². The van der Waals surface area contributed by atoms with Gasteiger partial charge in [0.05, 0.1) is 17.8 Å². The third-order valence-corrected chi connectivity index (χ3v) is 3.90. The first-order valence-electron chi connectivity index (χ1n) is 7.67. The number of benzene rings is 2. The predicted molar refractivity (Wildman–Crippen MR) is 103 cm³/mol. The van der Waals surface area contributed by atoms with Crippen molar-refractivity contribution in [1.29, 1.82) is 0 Å². The number of amides is 1. The summed E-state index contributed by atoms with van der Waals surface area (Å²) in [4.78, 5) is 24.0. The summed E-state index contributed by atoms with van der Waals surface area (Å²) in [6.07, 6.45) is 1.82. The second-order valence-corrected chi connectivity index (χ2v) is 6.15. The molecule has 0 fully saturated rings. The van der Waals surface area contributed by atoms with Crippen molar-refractivity contribution < 1.29 is 19.1 Å². The number of carbonyl (C=O) groups excluding carboxylic acids is 2. The molecule has 0 saturated carbocycles. The Kier molecular flexibility index (Phi) is 7.06. The minimum absolute atomic E-state index is 0.294. The SMILES string of the molecule is COc1cccc(/C=C/C(=O)O[C@H](C)C(=O)Nc2ccc(Cl)cc2Cl)c1. The maximum atomic E-state index is 12.1. The van der Waals surface area contributed by atoms with Crippen LogP contribution < -0.4 is 10.1 Å². The molecule has 5 nitrogen and oxygen atoms in total. The maximum Gasteiger partial charge on any atom is 0.331 e. The summed E-state index contributed by atoms with van der Waals surface area (Å²) in [5.41, 5.74) is 1.15. The predicted octanol–water partition coefficient (Wildman–Crippen LogP) is 4.59. The van der Waals surface area contributed by atoms with Gasteiger partial charge in [0, 0.05) is 11.1 Å². The van der Waals surface area contributed by atoms with Crippen LogP contribution in [0.15, 0.2) is 48.5 Å². The highest BCUT2D eigenvalue weighted by Gasteiger charge is 2.17. The summed E-state index contributed by atoms with van der Waals surface area (Å²) >= 11 is 11.8. The van der Waals surface area contributed by atoms with Gasteiger partial charge in [-0.2, -0.15) is 0 Å². The quantitative estimate of drug-likeness (QED) is 0.575. The molecule has 1 atom stereocenters. The third-order valence-electron chi connectivity index (χ3n) is 3.36. The van der Waals surface area contributed by atoms with Crippen LogP contribution in [0.2, 0.25) is 10.0 Å². The Morgan fingerprint density at radius 2 is 1.92 bits per heavy atom. The average molecular weight is 394 g/mol. The molecule has 1 amide bonds. The van der Waals surface area contributed by atoms with Gasteiger partial charge in [-0.25, -0.2) is 4.79 Å². The lowest BCUT2D eigenvalue weighted by molar-refractivity contribution is -0.148. The Hall–Kier alpha value is -2.50. The monoisotopic (exact) mass is 393 g/mol. The van der Waals surface area contributed by atoms with E-state index < -0.39 is 18.0 Å². The van der Waals surface area contributed by atoms with Gasteiger partial charge in [0.2, 0.25) is 0 Å². The molecule has 1 N–H and O–H groups in total. The lowest BCUT2D eigenvalue weighted by Gasteiger charge is -2.13. The van der Waals surface area contributed by atoms with Crippen LogP contribution in [0.5, 0.6) is 5.75 Å². The van der Waals surface area contributed by atoms with Crippen molar-refractivity contribution in [1.82, 2.24) is 0 Å². The van der Waals surface area contributed by atoms with Crippen molar-refractivity contribution in [3.05, 3.63) is 64.1 Å². The number of ether oxygens (including phenoxy) is 2. The lowest BCUT2D eigenvalue weighted by atomic mass is 10.2. The van der Waals surface area contributed by atoms with Crippen LogP contribution in [0.4, 0.5) is 5.69 Å². The minimum Gasteiger partial charge on any atom is -0.497 e. The fourth-order valence-corrected chi connectivity index (χ4v) is 2.46. The van der Waals surface area contributed by atoms with Crippen LogP contribution in [0.3, 0.4) is 0 Å². The van der Waals surface area contributed by atoms with Crippen LogP contribution in [0.25, 0.3) is 6.08 Å². The first kappa shape index (κ1) is 19.8. The van der Waals surface area contributed by atoms with Crippen LogP contribution in [0.1, 0.15) is 12.5 Å². The number of halogens is 2. The van der Waals surface area contributed by atoms with E-state index in [1.54, 1.807) is 43.5 Å². The van der Waals surface area contributed by atoms with Crippen molar-refractivity contribution in [2.75, 3.05) is 12.4 Å². The van der Waals surface area contributed by atoms with Gasteiger partial charge in [0.25, 0.3) is 5.91 Å². The van der Waals surface area contributed by atoms with E-state index in [-0.39, 0.29) is 0 Å². The van der Waals surface area contributed by atoms with Crippen LogP contribution in [0, 0.1) is 0 Å². The molecule has 0 radical (unpaired) electrons. The number of methoxy groups -OCH3 is 1. The van der Waals surface area contributed by atoms with Gasteiger partial charge in [-0.3, -0.25) is 4.79 Å². The molecule has 26 heavy (non-hydrogen) atoms. The second kappa shape index (κ2) is 9.27. The summed E-state index contributed by atoms with van der Waals surface area (Å²) in [6, 6.07) is 11.8. The van der Waals surface area contributed by atoms with Gasteiger partial charge in [-0.15, -0.1) is 0 Å². The highest BCUT2D eigenvalue weighted by Crippen LogP contribution is 2.25. The molecule has 0 spiro atoms. The average Bonchev–Trinajstić information content (AvgIpc) is 2.62. The van der Waals surface area contributed by atoms with Crippen molar-refractivity contribution in [2.24, 2.45) is 0 Å². The topological polar surface area (TPSA) is 64.6 Å². The molecular formula is C19H17Cl2NO4. The van der Waals surface area contributed by atoms with Gasteiger partial charge < -0.3 is 14.8 Å². The molecule has 0 bridgehead atoms. The van der Waals surface area contributed by atoms with E-state index in [9.17, 15) is 9.59 Å². The number of rotatable bonds is 6. The van der Waals surface area contributed by atoms with Crippen molar-refractivity contribution in [3.63, 3.8) is 0 Å². The van der Waals surface area contributed by atoms with E-state index >= 15 is 0 Å². The summed E-state index contributed by atoms with van der Waals surface area (Å²) < 4.78 is 10.2. The molecular weight excluding hydrogens is 377 g/mol. The van der Waals surface area contributed by atoms with E-state index in [0.29, 0.717) is 21.5 Å². The molecule has 0 aliphatic rings. The van der Waals surface area contributed by atoms with Gasteiger partial charge in [-0.05, 0) is 48.9 Å². The normalized spacial score (nSPS) is 11.8. The summed E-state index contributed by atoms with van der Waals surface area (Å²) in [5.74, 6) is -0.469. The maximum absolute atomic E-state index is 12.1. The Bertz CT molecular complexity index is 836. The van der Waals surface area contributed by atoms with E-state index in [2.05, 4.69) is 5.32 Å². The molecule has 0 saturated heterocycles. The van der Waals surface area contributed by atoms with Crippen LogP contribution >= 0.6 is 23.2 Å². The molecule has 2 aromatic carbocycles. The van der Waals surface area contributed by atoms with E-state index in [1.807, 2.05) is 6.07 Å². The first-order valence-corrected chi connectivity index (χ1v) is 8.43. The molecule has 0 aliphatic heterocycles. The molecule has 0 heterocycles. The molecule has 0 aromatic heterocycles. The molecule has 7 heteroatoms. The summed E-state index contributed by atoms with van der Waals surface area (Å²) in [5, 5.41) is 3.33. The minimum atomic E-state index is -0.996. The van der Waals surface area contributed by atoms with Crippen molar-refractivity contribution >= 4 is 46.8 Å². The fourth-order valence-electron chi connectivity index (χ4n) is 2.00. The molecule has 0 aliphatic carbocycles. The van der Waals surface area contributed by atoms with Crippen LogP contribution in [-0.4, -0.2) is 25.1 Å². The van der Waals surface area contributed by atoms with E-state index in [0.717, 1.165) is 5.56 Å². The van der Waals surface area contributed by atoms with Crippen molar-refractivity contribution in [2.45, 2.75) is 13.0 Å². The standard InChI is InChI=1S/C19H17Cl2NO4/c1-12(19(24)22-17-8-7-14(20)11-16(17)21)26-18(23)9-6-13-4-3-5-15(10-13)25-2/h3-12H,1-2H3,(H,22,24)/b9-6+/t12-/m1/s1. The molecule has 136 valence electrons. The zero-order valence-corrected chi connectivity index (χ0v) is 15.7. The van der Waals surface area contributed by atoms with Crippen LogP contribution in [-0.2, 0) is 14.3 Å². The number of carbonyl (C=O) groups is 2. The number of hydrogen-bond acceptors (Lipinski definition) is 4. The van der Waals surface area contributed by atoms with Gasteiger partial charge in [0.15, 0.2) is 6.10 Å². The molecule has 0 unspecified atom stereocenters. The highest BCUT2D eigenvalue weighted by atomic mass is 35.5. The Labute approximate surface area is 161 Å². The zero-order chi connectivity index (χ0) is 19.1.